The summed E-state index contributed by atoms with van der Waals surface area (Å²) in [6, 6.07) is 17.8. The number of likely N-dealkylation sites (tertiary alicyclic amines) is 1. The predicted octanol–water partition coefficient (Wildman–Crippen LogP) is 5.44. The van der Waals surface area contributed by atoms with E-state index in [9.17, 15) is 0 Å². The number of hydrogen-bond donors (Lipinski definition) is 3. The van der Waals surface area contributed by atoms with Crippen LogP contribution in [0.15, 0.2) is 60.9 Å². The predicted molar refractivity (Wildman–Crippen MR) is 139 cm³/mol. The number of nitrogens with zero attached hydrogens (tertiary/aromatic N) is 3. The third-order valence-electron chi connectivity index (χ3n) is 6.88. The number of hydrogen-bond acceptors (Lipinski definition) is 4. The van der Waals surface area contributed by atoms with Crippen molar-refractivity contribution in [3.05, 3.63) is 72.6 Å². The Morgan fingerprint density at radius 2 is 1.47 bits per heavy atom. The number of aromatic amines is 2. The third kappa shape index (κ3) is 4.98. The summed E-state index contributed by atoms with van der Waals surface area (Å²) in [4.78, 5) is 18.6. The minimum atomic E-state index is 0.413. The van der Waals surface area contributed by atoms with Crippen LogP contribution in [0.2, 0.25) is 0 Å². The van der Waals surface area contributed by atoms with Gasteiger partial charge in [0.2, 0.25) is 0 Å². The maximum absolute atomic E-state index is 4.66. The second-order valence-electron chi connectivity index (χ2n) is 9.28. The fourth-order valence-corrected chi connectivity index (χ4v) is 4.82. The Morgan fingerprint density at radius 3 is 2.09 bits per heavy atom. The standard InChI is InChI=1S/C28H34N6/c1-29-16-4-3-7-27-30-18-24(32-27)22-12-8-20(9-13-22)21-10-14-23(15-11-21)25-19-31-28(33-25)26-6-5-17-34(26)2/h8-15,18-19,26,29H,3-7,16-17H2,1-2H3,(H,30,32)(H,31,33)/t26-/m0/s1. The quantitative estimate of drug-likeness (QED) is 0.294. The van der Waals surface area contributed by atoms with Crippen LogP contribution >= 0.6 is 0 Å². The smallest absolute Gasteiger partial charge is 0.123 e. The number of H-pyrrole nitrogens is 2. The van der Waals surface area contributed by atoms with E-state index in [0.29, 0.717) is 6.04 Å². The summed E-state index contributed by atoms with van der Waals surface area (Å²) in [5, 5.41) is 3.19. The molecule has 3 heterocycles. The largest absolute Gasteiger partial charge is 0.342 e. The molecule has 0 bridgehead atoms. The summed E-state index contributed by atoms with van der Waals surface area (Å²) in [5.41, 5.74) is 6.91. The summed E-state index contributed by atoms with van der Waals surface area (Å²) >= 11 is 0. The van der Waals surface area contributed by atoms with Gasteiger partial charge in [0.15, 0.2) is 0 Å². The SMILES string of the molecule is CNCCCCc1ncc(-c2ccc(-c3ccc(-c4cnc([C@@H]5CCCN5C)[nH]4)cc3)cc2)[nH]1. The average molecular weight is 455 g/mol. The van der Waals surface area contributed by atoms with E-state index >= 15 is 0 Å². The Labute approximate surface area is 201 Å². The highest BCUT2D eigenvalue weighted by molar-refractivity contribution is 5.71. The molecule has 4 aromatic rings. The van der Waals surface area contributed by atoms with E-state index in [1.165, 1.54) is 36.0 Å². The molecule has 1 saturated heterocycles. The lowest BCUT2D eigenvalue weighted by molar-refractivity contribution is 0.307. The van der Waals surface area contributed by atoms with Gasteiger partial charge in [-0.05, 0) is 75.1 Å². The van der Waals surface area contributed by atoms with Crippen LogP contribution in [0.4, 0.5) is 0 Å². The second-order valence-corrected chi connectivity index (χ2v) is 9.28. The van der Waals surface area contributed by atoms with Crippen molar-refractivity contribution in [1.29, 1.82) is 0 Å². The van der Waals surface area contributed by atoms with Crippen molar-refractivity contribution < 1.29 is 0 Å². The molecule has 5 rings (SSSR count). The van der Waals surface area contributed by atoms with Gasteiger partial charge in [0.05, 0.1) is 29.8 Å². The molecular weight excluding hydrogens is 420 g/mol. The lowest BCUT2D eigenvalue weighted by atomic mass is 10.0. The summed E-state index contributed by atoms with van der Waals surface area (Å²) < 4.78 is 0. The van der Waals surface area contributed by atoms with E-state index in [0.717, 1.165) is 54.5 Å². The molecule has 0 amide bonds. The van der Waals surface area contributed by atoms with Gasteiger partial charge in [0, 0.05) is 6.42 Å². The Balaban J connectivity index is 1.24. The van der Waals surface area contributed by atoms with Crippen LogP contribution in [0.5, 0.6) is 0 Å². The van der Waals surface area contributed by atoms with Crippen LogP contribution in [0, 0.1) is 0 Å². The van der Waals surface area contributed by atoms with Gasteiger partial charge >= 0.3 is 0 Å². The van der Waals surface area contributed by atoms with Crippen molar-refractivity contribution in [2.75, 3.05) is 27.2 Å². The zero-order valence-electron chi connectivity index (χ0n) is 20.1. The molecule has 176 valence electrons. The molecule has 1 aliphatic rings. The van der Waals surface area contributed by atoms with E-state index in [-0.39, 0.29) is 0 Å². The van der Waals surface area contributed by atoms with Crippen LogP contribution in [0.3, 0.4) is 0 Å². The van der Waals surface area contributed by atoms with Crippen molar-refractivity contribution in [1.82, 2.24) is 30.2 Å². The zero-order valence-corrected chi connectivity index (χ0v) is 20.1. The molecule has 1 fully saturated rings. The lowest BCUT2D eigenvalue weighted by Gasteiger charge is -2.16. The first-order valence-electron chi connectivity index (χ1n) is 12.4. The first-order chi connectivity index (χ1) is 16.7. The Hall–Kier alpha value is -3.22. The number of imidazole rings is 2. The van der Waals surface area contributed by atoms with Crippen molar-refractivity contribution in [3.8, 4) is 33.6 Å². The van der Waals surface area contributed by atoms with Gasteiger partial charge in [-0.1, -0.05) is 48.5 Å². The lowest BCUT2D eigenvalue weighted by Crippen LogP contribution is -2.18. The third-order valence-corrected chi connectivity index (χ3v) is 6.88. The molecular formula is C28H34N6. The van der Waals surface area contributed by atoms with E-state index in [2.05, 4.69) is 85.7 Å². The van der Waals surface area contributed by atoms with Gasteiger partial charge in [0.25, 0.3) is 0 Å². The van der Waals surface area contributed by atoms with Gasteiger partial charge in [-0.3, -0.25) is 4.90 Å². The molecule has 34 heavy (non-hydrogen) atoms. The maximum atomic E-state index is 4.66. The van der Waals surface area contributed by atoms with E-state index in [4.69, 9.17) is 0 Å². The molecule has 3 N–H and O–H groups in total. The van der Waals surface area contributed by atoms with Crippen molar-refractivity contribution in [2.45, 2.75) is 38.1 Å². The van der Waals surface area contributed by atoms with Crippen LogP contribution in [-0.4, -0.2) is 52.0 Å². The number of aromatic nitrogens is 4. The fraction of sp³-hybridized carbons (Fsp3) is 0.357. The summed E-state index contributed by atoms with van der Waals surface area (Å²) in [7, 11) is 4.17. The van der Waals surface area contributed by atoms with Gasteiger partial charge < -0.3 is 15.3 Å². The highest BCUT2D eigenvalue weighted by Gasteiger charge is 2.25. The molecule has 0 aliphatic carbocycles. The van der Waals surface area contributed by atoms with Gasteiger partial charge in [-0.25, -0.2) is 9.97 Å². The average Bonchev–Trinajstić information content (AvgIpc) is 3.63. The van der Waals surface area contributed by atoms with E-state index < -0.39 is 0 Å². The van der Waals surface area contributed by atoms with Crippen LogP contribution in [-0.2, 0) is 6.42 Å². The summed E-state index contributed by atoms with van der Waals surface area (Å²) in [5.74, 6) is 2.14. The van der Waals surface area contributed by atoms with Gasteiger partial charge in [-0.15, -0.1) is 0 Å². The van der Waals surface area contributed by atoms with Crippen molar-refractivity contribution >= 4 is 0 Å². The van der Waals surface area contributed by atoms with Gasteiger partial charge in [-0.2, -0.15) is 0 Å². The number of unbranched alkanes of at least 4 members (excludes halogenated alkanes) is 1. The molecule has 0 radical (unpaired) electrons. The maximum Gasteiger partial charge on any atom is 0.123 e. The normalized spacial score (nSPS) is 16.4. The number of aryl methyl sites for hydroxylation is 1. The molecule has 6 heteroatoms. The molecule has 6 nitrogen and oxygen atoms in total. The second kappa shape index (κ2) is 10.4. The van der Waals surface area contributed by atoms with E-state index in [1.54, 1.807) is 0 Å². The number of benzene rings is 2. The molecule has 1 aliphatic heterocycles. The monoisotopic (exact) mass is 454 g/mol. The van der Waals surface area contributed by atoms with Crippen LogP contribution < -0.4 is 5.32 Å². The van der Waals surface area contributed by atoms with Crippen LogP contribution in [0.1, 0.15) is 43.4 Å². The Morgan fingerprint density at radius 1 is 0.853 bits per heavy atom. The first-order valence-corrected chi connectivity index (χ1v) is 12.4. The molecule has 1 atom stereocenters. The number of nitrogens with one attached hydrogen (secondary N) is 3. The summed E-state index contributed by atoms with van der Waals surface area (Å²) in [6.07, 6.45) is 9.61. The van der Waals surface area contributed by atoms with E-state index in [1.807, 2.05) is 19.4 Å². The van der Waals surface area contributed by atoms with Crippen molar-refractivity contribution in [2.24, 2.45) is 0 Å². The minimum absolute atomic E-state index is 0.413. The molecule has 2 aromatic heterocycles. The zero-order chi connectivity index (χ0) is 23.3. The number of rotatable bonds is 9. The molecule has 0 unspecified atom stereocenters. The molecule has 2 aromatic carbocycles. The molecule has 0 saturated carbocycles. The van der Waals surface area contributed by atoms with Gasteiger partial charge in [0.1, 0.15) is 11.6 Å². The highest BCUT2D eigenvalue weighted by Crippen LogP contribution is 2.31. The molecule has 0 spiro atoms. The summed E-state index contributed by atoms with van der Waals surface area (Å²) in [6.45, 7) is 2.20. The Bertz CT molecular complexity index is 1190. The van der Waals surface area contributed by atoms with Crippen LogP contribution in [0.25, 0.3) is 33.6 Å². The minimum Gasteiger partial charge on any atom is -0.342 e. The Kier molecular flexibility index (Phi) is 6.88. The fourth-order valence-electron chi connectivity index (χ4n) is 4.82. The highest BCUT2D eigenvalue weighted by atomic mass is 15.2. The van der Waals surface area contributed by atoms with Crippen molar-refractivity contribution in [3.63, 3.8) is 0 Å². The topological polar surface area (TPSA) is 72.6 Å². The first kappa shape index (κ1) is 22.6.